The topological polar surface area (TPSA) is 96.5 Å². The Balaban J connectivity index is 1.69. The first kappa shape index (κ1) is 16.2. The van der Waals surface area contributed by atoms with Crippen LogP contribution in [0.3, 0.4) is 0 Å². The fourth-order valence-electron chi connectivity index (χ4n) is 2.16. The molecule has 2 aromatic heterocycles. The van der Waals surface area contributed by atoms with Crippen LogP contribution in [0.15, 0.2) is 24.3 Å². The van der Waals surface area contributed by atoms with Crippen LogP contribution in [0.5, 0.6) is 0 Å². The molecule has 0 saturated carbocycles. The third-order valence-electron chi connectivity index (χ3n) is 3.28. The van der Waals surface area contributed by atoms with Gasteiger partial charge in [0.15, 0.2) is 0 Å². The number of hydrogen-bond acceptors (Lipinski definition) is 6. The highest BCUT2D eigenvalue weighted by molar-refractivity contribution is 7.08. The lowest BCUT2D eigenvalue weighted by Crippen LogP contribution is -2.14. The van der Waals surface area contributed by atoms with Gasteiger partial charge in [-0.05, 0) is 35.1 Å². The van der Waals surface area contributed by atoms with Crippen LogP contribution < -0.4 is 5.32 Å². The molecule has 3 rings (SSSR count). The summed E-state index contributed by atoms with van der Waals surface area (Å²) in [5, 5.41) is 13.3. The van der Waals surface area contributed by atoms with E-state index in [0.717, 1.165) is 17.1 Å². The normalized spacial score (nSPS) is 11.0. The van der Waals surface area contributed by atoms with E-state index < -0.39 is 0 Å². The molecule has 2 heterocycles. The number of aromatic amines is 1. The summed E-state index contributed by atoms with van der Waals surface area (Å²) in [6.07, 6.45) is 0.389. The number of rotatable bonds is 5. The molecule has 0 bridgehead atoms. The van der Waals surface area contributed by atoms with Gasteiger partial charge in [0, 0.05) is 6.42 Å². The van der Waals surface area contributed by atoms with Crippen LogP contribution in [-0.4, -0.2) is 30.7 Å². The Morgan fingerprint density at radius 2 is 2.25 bits per heavy atom. The summed E-state index contributed by atoms with van der Waals surface area (Å²) >= 11 is 1.04. The fraction of sp³-hybridized carbons (Fsp3) is 0.267. The quantitative estimate of drug-likeness (QED) is 0.740. The molecule has 0 fully saturated rings. The van der Waals surface area contributed by atoms with E-state index in [1.807, 2.05) is 13.8 Å². The van der Waals surface area contributed by atoms with E-state index in [4.69, 9.17) is 0 Å². The second kappa shape index (κ2) is 6.83. The number of H-pyrrole nitrogens is 1. The number of nitrogens with one attached hydrogen (secondary N) is 2. The van der Waals surface area contributed by atoms with Crippen LogP contribution in [0.4, 0.5) is 10.3 Å². The molecular weight excluding hydrogens is 331 g/mol. The lowest BCUT2D eigenvalue weighted by Gasteiger charge is -2.02. The minimum Gasteiger partial charge on any atom is -0.288 e. The van der Waals surface area contributed by atoms with Gasteiger partial charge in [-0.15, -0.1) is 10.2 Å². The summed E-state index contributed by atoms with van der Waals surface area (Å²) in [5.74, 6) is 0.140. The van der Waals surface area contributed by atoms with Gasteiger partial charge in [-0.2, -0.15) is 4.98 Å². The molecule has 2 N–H and O–H groups in total. The zero-order valence-electron chi connectivity index (χ0n) is 13.1. The molecule has 0 aliphatic rings. The zero-order valence-corrected chi connectivity index (χ0v) is 13.9. The molecule has 0 radical (unpaired) electrons. The summed E-state index contributed by atoms with van der Waals surface area (Å²) in [5.41, 5.74) is 1.41. The fourth-order valence-corrected chi connectivity index (χ4v) is 2.88. The van der Waals surface area contributed by atoms with Crippen LogP contribution in [-0.2, 0) is 6.42 Å². The average molecular weight is 346 g/mol. The second-order valence-electron chi connectivity index (χ2n) is 5.51. The Bertz CT molecular complexity index is 859. The molecule has 0 atom stereocenters. The molecule has 7 nitrogen and oxygen atoms in total. The van der Waals surface area contributed by atoms with E-state index in [0.29, 0.717) is 22.8 Å². The molecular formula is C15H15FN6OS. The molecule has 1 amide bonds. The summed E-state index contributed by atoms with van der Waals surface area (Å²) < 4.78 is 17.0. The molecule has 124 valence electrons. The SMILES string of the molecule is CC(C)c1nnsc1C(=O)Nc1n[nH]c(Cc2cccc(F)c2)n1. The predicted molar refractivity (Wildman–Crippen MR) is 87.5 cm³/mol. The van der Waals surface area contributed by atoms with Gasteiger partial charge in [0.25, 0.3) is 5.91 Å². The smallest absolute Gasteiger partial charge is 0.271 e. The van der Waals surface area contributed by atoms with Crippen molar-refractivity contribution < 1.29 is 9.18 Å². The lowest BCUT2D eigenvalue weighted by atomic mass is 10.1. The van der Waals surface area contributed by atoms with Crippen molar-refractivity contribution in [1.82, 2.24) is 24.8 Å². The first-order chi connectivity index (χ1) is 11.5. The first-order valence-corrected chi connectivity index (χ1v) is 8.09. The van der Waals surface area contributed by atoms with E-state index in [1.54, 1.807) is 12.1 Å². The molecule has 0 unspecified atom stereocenters. The Morgan fingerprint density at radius 3 is 3.00 bits per heavy atom. The second-order valence-corrected chi connectivity index (χ2v) is 6.26. The van der Waals surface area contributed by atoms with Crippen molar-refractivity contribution in [2.75, 3.05) is 5.32 Å². The van der Waals surface area contributed by atoms with E-state index >= 15 is 0 Å². The number of anilines is 1. The average Bonchev–Trinajstić information content (AvgIpc) is 3.16. The first-order valence-electron chi connectivity index (χ1n) is 7.32. The molecule has 0 aliphatic heterocycles. The van der Waals surface area contributed by atoms with E-state index in [9.17, 15) is 9.18 Å². The van der Waals surface area contributed by atoms with Gasteiger partial charge < -0.3 is 0 Å². The number of carbonyl (C=O) groups excluding carboxylic acids is 1. The van der Waals surface area contributed by atoms with Crippen molar-refractivity contribution in [2.24, 2.45) is 0 Å². The Morgan fingerprint density at radius 1 is 1.42 bits per heavy atom. The number of nitrogens with zero attached hydrogens (tertiary/aromatic N) is 4. The van der Waals surface area contributed by atoms with Crippen molar-refractivity contribution in [3.05, 3.63) is 52.0 Å². The Kier molecular flexibility index (Phi) is 4.61. The van der Waals surface area contributed by atoms with Gasteiger partial charge in [-0.1, -0.05) is 30.5 Å². The third-order valence-corrected chi connectivity index (χ3v) is 4.02. The summed E-state index contributed by atoms with van der Waals surface area (Å²) in [7, 11) is 0. The number of aromatic nitrogens is 5. The summed E-state index contributed by atoms with van der Waals surface area (Å²) in [6, 6.07) is 6.24. The maximum absolute atomic E-state index is 13.2. The van der Waals surface area contributed by atoms with Crippen molar-refractivity contribution in [2.45, 2.75) is 26.2 Å². The predicted octanol–water partition coefficient (Wildman–Crippen LogP) is 2.76. The number of hydrogen-bond donors (Lipinski definition) is 2. The van der Waals surface area contributed by atoms with Gasteiger partial charge in [0.1, 0.15) is 16.5 Å². The van der Waals surface area contributed by atoms with Gasteiger partial charge in [0.2, 0.25) is 5.95 Å². The van der Waals surface area contributed by atoms with E-state index in [-0.39, 0.29) is 23.6 Å². The molecule has 9 heteroatoms. The zero-order chi connectivity index (χ0) is 17.1. The molecule has 3 aromatic rings. The van der Waals surface area contributed by atoms with E-state index in [2.05, 4.69) is 30.1 Å². The third kappa shape index (κ3) is 3.62. The van der Waals surface area contributed by atoms with Crippen LogP contribution in [0.25, 0.3) is 0 Å². The molecule has 24 heavy (non-hydrogen) atoms. The Hall–Kier alpha value is -2.68. The van der Waals surface area contributed by atoms with Crippen LogP contribution >= 0.6 is 11.5 Å². The summed E-state index contributed by atoms with van der Waals surface area (Å²) in [4.78, 5) is 16.9. The largest absolute Gasteiger partial charge is 0.288 e. The number of amides is 1. The van der Waals surface area contributed by atoms with Crippen molar-refractivity contribution in [3.63, 3.8) is 0 Å². The minimum atomic E-state index is -0.343. The van der Waals surface area contributed by atoms with Crippen molar-refractivity contribution in [1.29, 1.82) is 0 Å². The monoisotopic (exact) mass is 346 g/mol. The van der Waals surface area contributed by atoms with Crippen molar-refractivity contribution in [3.8, 4) is 0 Å². The van der Waals surface area contributed by atoms with Gasteiger partial charge in [-0.25, -0.2) is 4.39 Å². The summed E-state index contributed by atoms with van der Waals surface area (Å²) in [6.45, 7) is 3.88. The highest BCUT2D eigenvalue weighted by Crippen LogP contribution is 2.20. The van der Waals surface area contributed by atoms with Gasteiger partial charge >= 0.3 is 0 Å². The van der Waals surface area contributed by atoms with E-state index in [1.165, 1.54) is 12.1 Å². The highest BCUT2D eigenvalue weighted by Gasteiger charge is 2.20. The van der Waals surface area contributed by atoms with Gasteiger partial charge in [-0.3, -0.25) is 15.2 Å². The van der Waals surface area contributed by atoms with Crippen LogP contribution in [0.1, 0.15) is 46.5 Å². The lowest BCUT2D eigenvalue weighted by molar-refractivity contribution is 0.102. The number of carbonyl (C=O) groups is 1. The molecule has 1 aromatic carbocycles. The maximum Gasteiger partial charge on any atom is 0.271 e. The molecule has 0 spiro atoms. The van der Waals surface area contributed by atoms with Gasteiger partial charge in [0.05, 0.1) is 5.69 Å². The van der Waals surface area contributed by atoms with Crippen LogP contribution in [0, 0.1) is 5.82 Å². The maximum atomic E-state index is 13.2. The molecule has 0 saturated heterocycles. The minimum absolute atomic E-state index is 0.0974. The van der Waals surface area contributed by atoms with Crippen molar-refractivity contribution >= 4 is 23.4 Å². The van der Waals surface area contributed by atoms with Crippen LogP contribution in [0.2, 0.25) is 0 Å². The molecule has 0 aliphatic carbocycles. The number of benzene rings is 1. The number of halogens is 1. The highest BCUT2D eigenvalue weighted by atomic mass is 32.1. The Labute approximate surface area is 141 Å². The standard InChI is InChI=1S/C15H15FN6OS/c1-8(2)12-13(24-22-20-12)14(23)18-15-17-11(19-21-15)7-9-4-3-5-10(16)6-9/h3-6,8H,7H2,1-2H3,(H2,17,18,19,21,23).